The van der Waals surface area contributed by atoms with E-state index in [4.69, 9.17) is 21.4 Å². The quantitative estimate of drug-likeness (QED) is 0.130. The Morgan fingerprint density at radius 1 is 1.15 bits per heavy atom. The fourth-order valence-electron chi connectivity index (χ4n) is 1.67. The topological polar surface area (TPSA) is 174 Å². The molecule has 6 N–H and O–H groups in total. The zero-order valence-electron chi connectivity index (χ0n) is 15.0. The fraction of sp³-hybridized carbons (Fsp3) is 0.643. The number of aliphatic hydroxyl groups excluding tert-OH is 1. The number of nitrogens with one attached hydrogen (secondary N) is 3. The van der Waals surface area contributed by atoms with E-state index in [1.165, 1.54) is 13.8 Å². The molecular weight excluding hydrogens is 405 g/mol. The van der Waals surface area contributed by atoms with Gasteiger partial charge in [0, 0.05) is 43.1 Å². The van der Waals surface area contributed by atoms with Crippen molar-refractivity contribution >= 4 is 37.1 Å². The molecule has 13 heteroatoms. The standard InChI is InChI=1S/C14H25ClN3O8P/c1-14(2,9-26-27(23,24)25)12(21)13(22)18-6-4-11(20)17-8-7-16-10(19)3-5-15/h3,5,12,21H,4,6-9H2,1-2H3,(H,16,19)(H,17,20)(H,18,22)(H2,23,24,25)/b5-3+. The number of carbonyl (C=O) groups is 3. The number of hydrogen-bond donors (Lipinski definition) is 6. The van der Waals surface area contributed by atoms with Crippen molar-refractivity contribution < 1.29 is 38.4 Å². The van der Waals surface area contributed by atoms with Gasteiger partial charge in [0.1, 0.15) is 6.10 Å². The predicted molar refractivity (Wildman–Crippen MR) is 96.4 cm³/mol. The number of aliphatic hydroxyl groups is 1. The van der Waals surface area contributed by atoms with Gasteiger partial charge >= 0.3 is 7.82 Å². The first-order valence-corrected chi connectivity index (χ1v) is 9.83. The lowest BCUT2D eigenvalue weighted by Crippen LogP contribution is -2.46. The molecule has 0 saturated heterocycles. The van der Waals surface area contributed by atoms with Crippen molar-refractivity contribution in [2.75, 3.05) is 26.2 Å². The lowest BCUT2D eigenvalue weighted by molar-refractivity contribution is -0.137. The van der Waals surface area contributed by atoms with Gasteiger partial charge < -0.3 is 30.8 Å². The summed E-state index contributed by atoms with van der Waals surface area (Å²) in [5, 5.41) is 17.3. The van der Waals surface area contributed by atoms with Crippen LogP contribution in [0.1, 0.15) is 20.3 Å². The maximum absolute atomic E-state index is 11.9. The van der Waals surface area contributed by atoms with Crippen LogP contribution < -0.4 is 16.0 Å². The summed E-state index contributed by atoms with van der Waals surface area (Å²) < 4.78 is 15.0. The van der Waals surface area contributed by atoms with Gasteiger partial charge in [0.15, 0.2) is 0 Å². The summed E-state index contributed by atoms with van der Waals surface area (Å²) in [6, 6.07) is 0. The van der Waals surface area contributed by atoms with Crippen molar-refractivity contribution in [1.29, 1.82) is 0 Å². The van der Waals surface area contributed by atoms with Crippen LogP contribution in [0.15, 0.2) is 11.6 Å². The summed E-state index contributed by atoms with van der Waals surface area (Å²) in [7, 11) is -4.72. The summed E-state index contributed by atoms with van der Waals surface area (Å²) >= 11 is 5.23. The molecule has 0 radical (unpaired) electrons. The Labute approximate surface area is 161 Å². The Balaban J connectivity index is 4.11. The highest BCUT2D eigenvalue weighted by Crippen LogP contribution is 2.38. The normalized spacial score (nSPS) is 13.3. The molecule has 0 aliphatic rings. The first kappa shape index (κ1) is 25.5. The van der Waals surface area contributed by atoms with Crippen LogP contribution in [0, 0.1) is 5.41 Å². The van der Waals surface area contributed by atoms with Crippen LogP contribution in [0.2, 0.25) is 0 Å². The number of hydrogen-bond acceptors (Lipinski definition) is 6. The second kappa shape index (κ2) is 12.1. The molecule has 0 spiro atoms. The number of carbonyl (C=O) groups excluding carboxylic acids is 3. The summed E-state index contributed by atoms with van der Waals surface area (Å²) in [4.78, 5) is 51.9. The molecule has 0 rings (SSSR count). The van der Waals surface area contributed by atoms with Crippen LogP contribution in [0.5, 0.6) is 0 Å². The Kier molecular flexibility index (Phi) is 11.4. The van der Waals surface area contributed by atoms with Crippen LogP contribution in [-0.4, -0.2) is 65.0 Å². The highest BCUT2D eigenvalue weighted by Gasteiger charge is 2.35. The van der Waals surface area contributed by atoms with E-state index in [2.05, 4.69) is 20.5 Å². The zero-order chi connectivity index (χ0) is 21.1. The minimum absolute atomic E-state index is 0.0570. The van der Waals surface area contributed by atoms with Crippen LogP contribution >= 0.6 is 19.4 Å². The molecule has 0 bridgehead atoms. The van der Waals surface area contributed by atoms with E-state index in [9.17, 15) is 24.1 Å². The monoisotopic (exact) mass is 429 g/mol. The van der Waals surface area contributed by atoms with E-state index < -0.39 is 37.8 Å². The summed E-state index contributed by atoms with van der Waals surface area (Å²) in [6.45, 7) is 2.57. The van der Waals surface area contributed by atoms with Gasteiger partial charge in [-0.3, -0.25) is 18.9 Å². The highest BCUT2D eigenvalue weighted by molar-refractivity contribution is 7.46. The number of phosphoric acid groups is 1. The maximum atomic E-state index is 11.9. The Morgan fingerprint density at radius 3 is 2.30 bits per heavy atom. The lowest BCUT2D eigenvalue weighted by atomic mass is 9.87. The second-order valence-corrected chi connectivity index (χ2v) is 7.62. The predicted octanol–water partition coefficient (Wildman–Crippen LogP) is -1.03. The zero-order valence-corrected chi connectivity index (χ0v) is 16.6. The molecule has 0 aromatic heterocycles. The van der Waals surface area contributed by atoms with Gasteiger partial charge in [-0.25, -0.2) is 4.57 Å². The maximum Gasteiger partial charge on any atom is 0.469 e. The van der Waals surface area contributed by atoms with E-state index in [-0.39, 0.29) is 32.0 Å². The molecule has 0 aliphatic carbocycles. The van der Waals surface area contributed by atoms with E-state index in [1.54, 1.807) is 0 Å². The van der Waals surface area contributed by atoms with Gasteiger partial charge in [-0.15, -0.1) is 0 Å². The summed E-state index contributed by atoms with van der Waals surface area (Å²) in [5.41, 5.74) is -0.201. The van der Waals surface area contributed by atoms with Crippen LogP contribution in [0.25, 0.3) is 0 Å². The van der Waals surface area contributed by atoms with Crippen molar-refractivity contribution in [2.45, 2.75) is 26.4 Å². The minimum Gasteiger partial charge on any atom is -0.383 e. The smallest absolute Gasteiger partial charge is 0.383 e. The minimum atomic E-state index is -4.72. The van der Waals surface area contributed by atoms with Gasteiger partial charge in [0.2, 0.25) is 17.7 Å². The van der Waals surface area contributed by atoms with E-state index in [1.807, 2.05) is 0 Å². The van der Waals surface area contributed by atoms with Gasteiger partial charge in [0.05, 0.1) is 6.61 Å². The van der Waals surface area contributed by atoms with Crippen LogP contribution in [0.3, 0.4) is 0 Å². The molecular formula is C14H25ClN3O8P. The third-order valence-electron chi connectivity index (χ3n) is 3.21. The third-order valence-corrected chi connectivity index (χ3v) is 3.80. The van der Waals surface area contributed by atoms with Crippen molar-refractivity contribution in [3.8, 4) is 0 Å². The van der Waals surface area contributed by atoms with Gasteiger partial charge in [-0.1, -0.05) is 25.4 Å². The fourth-order valence-corrected chi connectivity index (χ4v) is 2.29. The molecule has 11 nitrogen and oxygen atoms in total. The lowest BCUT2D eigenvalue weighted by Gasteiger charge is -2.29. The summed E-state index contributed by atoms with van der Waals surface area (Å²) in [5.74, 6) is -1.58. The first-order valence-electron chi connectivity index (χ1n) is 7.86. The molecule has 0 heterocycles. The molecule has 27 heavy (non-hydrogen) atoms. The Morgan fingerprint density at radius 2 is 1.74 bits per heavy atom. The highest BCUT2D eigenvalue weighted by atomic mass is 35.5. The van der Waals surface area contributed by atoms with Gasteiger partial charge in [-0.2, -0.15) is 0 Å². The molecule has 1 atom stereocenters. The Hall–Kier alpha value is -1.49. The SMILES string of the molecule is CC(C)(COP(=O)(O)O)C(O)C(=O)NCCC(=O)NCCNC(=O)/C=C/Cl. The largest absolute Gasteiger partial charge is 0.469 e. The molecule has 0 fully saturated rings. The number of rotatable bonds is 12. The molecule has 0 saturated carbocycles. The summed E-state index contributed by atoms with van der Waals surface area (Å²) in [6.07, 6.45) is -0.540. The number of amides is 3. The number of phosphoric ester groups is 1. The van der Waals surface area contributed by atoms with Crippen LogP contribution in [-0.2, 0) is 23.5 Å². The van der Waals surface area contributed by atoms with Crippen molar-refractivity contribution in [3.05, 3.63) is 11.6 Å². The van der Waals surface area contributed by atoms with E-state index in [0.29, 0.717) is 0 Å². The van der Waals surface area contributed by atoms with Gasteiger partial charge in [0.25, 0.3) is 0 Å². The van der Waals surface area contributed by atoms with Crippen molar-refractivity contribution in [3.63, 3.8) is 0 Å². The van der Waals surface area contributed by atoms with Crippen molar-refractivity contribution in [1.82, 2.24) is 16.0 Å². The second-order valence-electron chi connectivity index (χ2n) is 6.13. The van der Waals surface area contributed by atoms with Gasteiger partial charge in [-0.05, 0) is 0 Å². The van der Waals surface area contributed by atoms with E-state index >= 15 is 0 Å². The molecule has 3 amide bonds. The van der Waals surface area contributed by atoms with Crippen molar-refractivity contribution in [2.24, 2.45) is 5.41 Å². The number of halogens is 1. The van der Waals surface area contributed by atoms with E-state index in [0.717, 1.165) is 11.6 Å². The molecule has 0 aliphatic heterocycles. The first-order chi connectivity index (χ1) is 12.4. The molecule has 0 aromatic carbocycles. The Bertz CT molecular complexity index is 593. The average molecular weight is 430 g/mol. The average Bonchev–Trinajstić information content (AvgIpc) is 2.56. The molecule has 0 aromatic rings. The van der Waals surface area contributed by atoms with Crippen LogP contribution in [0.4, 0.5) is 0 Å². The molecule has 1 unspecified atom stereocenters. The molecule has 156 valence electrons. The third kappa shape index (κ3) is 12.5.